The van der Waals surface area contributed by atoms with Crippen molar-refractivity contribution in [2.24, 2.45) is 10.7 Å². The average molecular weight is 239 g/mol. The third kappa shape index (κ3) is 2.38. The molecule has 3 nitrogen and oxygen atoms in total. The molecule has 0 saturated heterocycles. The van der Waals surface area contributed by atoms with Crippen molar-refractivity contribution in [2.45, 2.75) is 24.8 Å². The molecule has 0 bridgehead atoms. The van der Waals surface area contributed by atoms with Crippen molar-refractivity contribution in [1.82, 2.24) is 0 Å². The lowest BCUT2D eigenvalue weighted by molar-refractivity contribution is -0.0360. The van der Waals surface area contributed by atoms with Crippen LogP contribution in [0.1, 0.15) is 24.4 Å². The van der Waals surface area contributed by atoms with Gasteiger partial charge in [-0.1, -0.05) is 12.1 Å². The van der Waals surface area contributed by atoms with Gasteiger partial charge in [-0.15, -0.1) is 0 Å². The van der Waals surface area contributed by atoms with E-state index in [-0.39, 0.29) is 12.8 Å². The van der Waals surface area contributed by atoms with Crippen LogP contribution in [0.2, 0.25) is 0 Å². The van der Waals surface area contributed by atoms with E-state index in [1.54, 1.807) is 25.2 Å². The summed E-state index contributed by atoms with van der Waals surface area (Å²) in [5, 5.41) is 2.92. The van der Waals surface area contributed by atoms with Crippen molar-refractivity contribution >= 4 is 11.5 Å². The van der Waals surface area contributed by atoms with Crippen molar-refractivity contribution < 1.29 is 8.78 Å². The molecule has 0 spiro atoms. The highest BCUT2D eigenvalue weighted by atomic mass is 19.3. The molecule has 5 heteroatoms. The highest BCUT2D eigenvalue weighted by Gasteiger charge is 2.43. The number of rotatable bonds is 2. The molecular weight excluding hydrogens is 224 g/mol. The van der Waals surface area contributed by atoms with Gasteiger partial charge in [0, 0.05) is 25.6 Å². The molecule has 1 unspecified atom stereocenters. The molecule has 1 atom stereocenters. The minimum Gasteiger partial charge on any atom is -0.388 e. The minimum absolute atomic E-state index is 0.162. The standard InChI is InChI=1S/C12H15F2N3/c1-16-9-4-2-3-8(7-9)11-12(13,14)6-5-10(15)17-11/h2-4,7,11,16H,5-6H2,1H3,(H2,15,17). The summed E-state index contributed by atoms with van der Waals surface area (Å²) in [6, 6.07) is 5.72. The van der Waals surface area contributed by atoms with Gasteiger partial charge in [-0.2, -0.15) is 0 Å². The van der Waals surface area contributed by atoms with Gasteiger partial charge in [0.15, 0.2) is 0 Å². The van der Waals surface area contributed by atoms with E-state index < -0.39 is 12.0 Å². The van der Waals surface area contributed by atoms with Gasteiger partial charge in [-0.25, -0.2) is 8.78 Å². The van der Waals surface area contributed by atoms with Crippen LogP contribution in [0.4, 0.5) is 14.5 Å². The van der Waals surface area contributed by atoms with E-state index in [4.69, 9.17) is 5.73 Å². The normalized spacial score (nSPS) is 23.0. The summed E-state index contributed by atoms with van der Waals surface area (Å²) >= 11 is 0. The Balaban J connectivity index is 2.39. The molecule has 0 fully saturated rings. The first-order valence-electron chi connectivity index (χ1n) is 5.50. The molecule has 2 rings (SSSR count). The van der Waals surface area contributed by atoms with Crippen LogP contribution in [0.3, 0.4) is 0 Å². The Labute approximate surface area is 98.7 Å². The highest BCUT2D eigenvalue weighted by molar-refractivity contribution is 5.81. The number of alkyl halides is 2. The SMILES string of the molecule is CNc1cccc(C2N=C(N)CCC2(F)F)c1. The van der Waals surface area contributed by atoms with Gasteiger partial charge in [0.05, 0.1) is 5.84 Å². The lowest BCUT2D eigenvalue weighted by Gasteiger charge is -2.28. The fourth-order valence-electron chi connectivity index (χ4n) is 1.94. The first-order chi connectivity index (χ1) is 8.03. The fourth-order valence-corrected chi connectivity index (χ4v) is 1.94. The molecule has 1 aromatic rings. The molecule has 17 heavy (non-hydrogen) atoms. The van der Waals surface area contributed by atoms with Crippen LogP contribution in [0.25, 0.3) is 0 Å². The second-order valence-electron chi connectivity index (χ2n) is 4.16. The van der Waals surface area contributed by atoms with E-state index in [1.807, 2.05) is 6.07 Å². The molecule has 3 N–H and O–H groups in total. The maximum absolute atomic E-state index is 13.8. The van der Waals surface area contributed by atoms with E-state index in [9.17, 15) is 8.78 Å². The highest BCUT2D eigenvalue weighted by Crippen LogP contribution is 2.41. The van der Waals surface area contributed by atoms with Crippen LogP contribution in [-0.4, -0.2) is 18.8 Å². The van der Waals surface area contributed by atoms with Gasteiger partial charge in [-0.05, 0) is 17.7 Å². The number of hydrogen-bond acceptors (Lipinski definition) is 3. The van der Waals surface area contributed by atoms with Gasteiger partial charge in [0.25, 0.3) is 5.92 Å². The number of hydrogen-bond donors (Lipinski definition) is 2. The fraction of sp³-hybridized carbons (Fsp3) is 0.417. The Morgan fingerprint density at radius 3 is 2.94 bits per heavy atom. The molecule has 1 aromatic carbocycles. The van der Waals surface area contributed by atoms with Gasteiger partial charge in [-0.3, -0.25) is 4.99 Å². The summed E-state index contributed by atoms with van der Waals surface area (Å²) in [7, 11) is 1.75. The zero-order valence-corrected chi connectivity index (χ0v) is 9.58. The van der Waals surface area contributed by atoms with Crippen LogP contribution < -0.4 is 11.1 Å². The van der Waals surface area contributed by atoms with E-state index in [0.29, 0.717) is 11.4 Å². The molecule has 1 aliphatic rings. The van der Waals surface area contributed by atoms with Crippen LogP contribution in [0.5, 0.6) is 0 Å². The third-order valence-electron chi connectivity index (χ3n) is 2.90. The summed E-state index contributed by atoms with van der Waals surface area (Å²) in [4.78, 5) is 3.90. The van der Waals surface area contributed by atoms with Crippen molar-refractivity contribution in [3.8, 4) is 0 Å². The van der Waals surface area contributed by atoms with Crippen LogP contribution >= 0.6 is 0 Å². The van der Waals surface area contributed by atoms with E-state index >= 15 is 0 Å². The molecule has 0 saturated carbocycles. The summed E-state index contributed by atoms with van der Waals surface area (Å²) < 4.78 is 27.6. The van der Waals surface area contributed by atoms with Crippen molar-refractivity contribution in [1.29, 1.82) is 0 Å². The Kier molecular flexibility index (Phi) is 3.00. The number of nitrogens with zero attached hydrogens (tertiary/aromatic N) is 1. The lowest BCUT2D eigenvalue weighted by Crippen LogP contribution is -2.33. The van der Waals surface area contributed by atoms with Gasteiger partial charge in [0.2, 0.25) is 0 Å². The quantitative estimate of drug-likeness (QED) is 0.833. The predicted octanol–water partition coefficient (Wildman–Crippen LogP) is 2.56. The number of nitrogens with two attached hydrogens (primary N) is 1. The lowest BCUT2D eigenvalue weighted by atomic mass is 9.94. The second kappa shape index (κ2) is 4.31. The molecule has 0 radical (unpaired) electrons. The van der Waals surface area contributed by atoms with E-state index in [2.05, 4.69) is 10.3 Å². The molecule has 92 valence electrons. The Bertz CT molecular complexity index is 443. The number of nitrogens with one attached hydrogen (secondary N) is 1. The summed E-state index contributed by atoms with van der Waals surface area (Å²) in [6.07, 6.45) is -0.0774. The minimum atomic E-state index is -2.82. The molecule has 0 aromatic heterocycles. The van der Waals surface area contributed by atoms with Crippen LogP contribution in [0.15, 0.2) is 29.3 Å². The van der Waals surface area contributed by atoms with Gasteiger partial charge < -0.3 is 11.1 Å². The maximum Gasteiger partial charge on any atom is 0.274 e. The zero-order chi connectivity index (χ0) is 12.5. The average Bonchev–Trinajstić information content (AvgIpc) is 2.32. The summed E-state index contributed by atoms with van der Waals surface area (Å²) in [5.74, 6) is -2.52. The largest absolute Gasteiger partial charge is 0.388 e. The Morgan fingerprint density at radius 2 is 2.24 bits per heavy atom. The van der Waals surface area contributed by atoms with E-state index in [0.717, 1.165) is 5.69 Å². The maximum atomic E-state index is 13.8. The Hall–Kier alpha value is -1.65. The Morgan fingerprint density at radius 1 is 1.47 bits per heavy atom. The second-order valence-corrected chi connectivity index (χ2v) is 4.16. The van der Waals surface area contributed by atoms with Crippen LogP contribution in [0, 0.1) is 0 Å². The van der Waals surface area contributed by atoms with E-state index in [1.165, 1.54) is 0 Å². The zero-order valence-electron chi connectivity index (χ0n) is 9.58. The smallest absolute Gasteiger partial charge is 0.274 e. The third-order valence-corrected chi connectivity index (χ3v) is 2.90. The number of halogens is 2. The van der Waals surface area contributed by atoms with Crippen molar-refractivity contribution in [2.75, 3.05) is 12.4 Å². The summed E-state index contributed by atoms with van der Waals surface area (Å²) in [6.45, 7) is 0. The summed E-state index contributed by atoms with van der Waals surface area (Å²) in [5.41, 5.74) is 6.83. The number of benzene rings is 1. The van der Waals surface area contributed by atoms with Crippen LogP contribution in [-0.2, 0) is 0 Å². The number of amidine groups is 1. The topological polar surface area (TPSA) is 50.4 Å². The molecule has 0 amide bonds. The van der Waals surface area contributed by atoms with Gasteiger partial charge >= 0.3 is 0 Å². The molecular formula is C12H15F2N3. The van der Waals surface area contributed by atoms with Crippen molar-refractivity contribution in [3.05, 3.63) is 29.8 Å². The monoisotopic (exact) mass is 239 g/mol. The predicted molar refractivity (Wildman–Crippen MR) is 64.5 cm³/mol. The number of aliphatic imine (C=N–C) groups is 1. The van der Waals surface area contributed by atoms with Gasteiger partial charge in [0.1, 0.15) is 6.04 Å². The molecule has 0 aliphatic carbocycles. The molecule has 1 aliphatic heterocycles. The first kappa shape index (κ1) is 11.8. The molecule has 1 heterocycles. The number of anilines is 1. The first-order valence-corrected chi connectivity index (χ1v) is 5.50. The van der Waals surface area contributed by atoms with Crippen molar-refractivity contribution in [3.63, 3.8) is 0 Å².